The van der Waals surface area contributed by atoms with Crippen LogP contribution in [0.15, 0.2) is 34.9 Å². The topological polar surface area (TPSA) is 54.2 Å². The van der Waals surface area contributed by atoms with Gasteiger partial charge in [-0.3, -0.25) is 4.98 Å². The number of pyridine rings is 1. The summed E-state index contributed by atoms with van der Waals surface area (Å²) < 4.78 is 47.3. The molecule has 3 fully saturated rings. The SMILES string of the molecule is FC(F)(F)c1c(Cl)cc(-c2ccccn2)c2oc(N3CC4CCCC3CN4)nc12. The lowest BCUT2D eigenvalue weighted by atomic mass is 10.1. The Bertz CT molecular complexity index is 1050. The average molecular weight is 423 g/mol. The molecule has 2 unspecified atom stereocenters. The lowest BCUT2D eigenvalue weighted by Crippen LogP contribution is -2.54. The molecule has 3 saturated heterocycles. The van der Waals surface area contributed by atoms with Crippen LogP contribution in [-0.2, 0) is 6.18 Å². The second-order valence-electron chi connectivity index (χ2n) is 7.51. The molecule has 1 aromatic carbocycles. The van der Waals surface area contributed by atoms with Crippen LogP contribution in [0.1, 0.15) is 24.8 Å². The number of hydrogen-bond acceptors (Lipinski definition) is 5. The maximum absolute atomic E-state index is 13.8. The predicted octanol–water partition coefficient (Wildman–Crippen LogP) is 4.89. The van der Waals surface area contributed by atoms with Gasteiger partial charge in [0.2, 0.25) is 0 Å². The van der Waals surface area contributed by atoms with Crippen molar-refractivity contribution in [2.45, 2.75) is 37.5 Å². The molecule has 5 heterocycles. The standard InChI is InChI=1S/C20H18ClF3N4O/c21-14-8-13(15-6-1-2-7-25-15)18-17(16(14)20(22,23)24)27-19(29-18)28-10-11-4-3-5-12(28)9-26-11/h1-2,6-8,11-12,26H,3-5,9-10H2. The number of benzene rings is 1. The van der Waals surface area contributed by atoms with Crippen LogP contribution in [0.5, 0.6) is 0 Å². The fourth-order valence-corrected chi connectivity index (χ4v) is 4.60. The predicted molar refractivity (Wildman–Crippen MR) is 104 cm³/mol. The van der Waals surface area contributed by atoms with Gasteiger partial charge in [0.1, 0.15) is 11.1 Å². The van der Waals surface area contributed by atoms with E-state index >= 15 is 0 Å². The number of piperazine rings is 1. The van der Waals surface area contributed by atoms with Gasteiger partial charge in [0.05, 0.1) is 10.7 Å². The number of rotatable bonds is 2. The van der Waals surface area contributed by atoms with Gasteiger partial charge in [0.25, 0.3) is 6.01 Å². The lowest BCUT2D eigenvalue weighted by Gasteiger charge is -2.36. The Morgan fingerprint density at radius 2 is 2.10 bits per heavy atom. The maximum Gasteiger partial charge on any atom is 0.420 e. The molecule has 1 N–H and O–H groups in total. The molecule has 6 rings (SSSR count). The van der Waals surface area contributed by atoms with Crippen LogP contribution in [0.25, 0.3) is 22.4 Å². The molecule has 29 heavy (non-hydrogen) atoms. The van der Waals surface area contributed by atoms with Gasteiger partial charge in [-0.25, -0.2) is 0 Å². The van der Waals surface area contributed by atoms with Crippen molar-refractivity contribution in [3.05, 3.63) is 41.0 Å². The number of hydrogen-bond donors (Lipinski definition) is 1. The molecule has 3 aromatic rings. The van der Waals surface area contributed by atoms with Gasteiger partial charge in [0.15, 0.2) is 5.58 Å². The van der Waals surface area contributed by atoms with Gasteiger partial charge in [0, 0.05) is 36.9 Å². The van der Waals surface area contributed by atoms with E-state index in [0.717, 1.165) is 25.8 Å². The Balaban J connectivity index is 1.72. The Kier molecular flexibility index (Phi) is 4.43. The third-order valence-electron chi connectivity index (χ3n) is 5.67. The first-order valence-corrected chi connectivity index (χ1v) is 9.91. The number of fused-ring (bicyclic) bond motifs is 5. The highest BCUT2D eigenvalue weighted by Gasteiger charge is 2.40. The number of anilines is 1. The minimum absolute atomic E-state index is 0.0588. The Labute approximate surface area is 169 Å². The van der Waals surface area contributed by atoms with Crippen LogP contribution in [0.2, 0.25) is 5.02 Å². The van der Waals surface area contributed by atoms with Crippen molar-refractivity contribution in [1.29, 1.82) is 0 Å². The van der Waals surface area contributed by atoms with E-state index in [1.807, 2.05) is 4.90 Å². The quantitative estimate of drug-likeness (QED) is 0.637. The molecule has 152 valence electrons. The van der Waals surface area contributed by atoms with Gasteiger partial charge in [-0.1, -0.05) is 17.7 Å². The summed E-state index contributed by atoms with van der Waals surface area (Å²) in [5.41, 5.74) is -0.301. The van der Waals surface area contributed by atoms with Gasteiger partial charge < -0.3 is 14.6 Å². The van der Waals surface area contributed by atoms with Crippen molar-refractivity contribution in [3.8, 4) is 11.3 Å². The van der Waals surface area contributed by atoms with Crippen LogP contribution < -0.4 is 10.2 Å². The van der Waals surface area contributed by atoms with Crippen molar-refractivity contribution >= 4 is 28.7 Å². The summed E-state index contributed by atoms with van der Waals surface area (Å²) in [5.74, 6) is 0. The molecule has 9 heteroatoms. The van der Waals surface area contributed by atoms with E-state index in [2.05, 4.69) is 15.3 Å². The zero-order valence-corrected chi connectivity index (χ0v) is 16.1. The van der Waals surface area contributed by atoms with Gasteiger partial charge in [-0.15, -0.1) is 0 Å². The molecule has 0 amide bonds. The first kappa shape index (κ1) is 18.7. The highest BCUT2D eigenvalue weighted by atomic mass is 35.5. The smallest absolute Gasteiger partial charge is 0.420 e. The summed E-state index contributed by atoms with van der Waals surface area (Å²) in [6, 6.07) is 7.10. The van der Waals surface area contributed by atoms with Crippen molar-refractivity contribution in [2.75, 3.05) is 18.0 Å². The highest BCUT2D eigenvalue weighted by Crippen LogP contribution is 2.44. The number of oxazole rings is 1. The molecule has 0 radical (unpaired) electrons. The first-order valence-electron chi connectivity index (χ1n) is 9.53. The molecule has 2 bridgehead atoms. The summed E-state index contributed by atoms with van der Waals surface area (Å²) in [4.78, 5) is 10.6. The van der Waals surface area contributed by atoms with Gasteiger partial charge >= 0.3 is 6.18 Å². The van der Waals surface area contributed by atoms with Crippen LogP contribution in [0.4, 0.5) is 19.2 Å². The Hall–Kier alpha value is -2.32. The van der Waals surface area contributed by atoms with E-state index in [0.29, 0.717) is 17.8 Å². The van der Waals surface area contributed by atoms with Crippen LogP contribution in [-0.4, -0.2) is 35.1 Å². The molecule has 3 aliphatic rings. The van der Waals surface area contributed by atoms with E-state index in [1.165, 1.54) is 6.07 Å². The van der Waals surface area contributed by atoms with E-state index in [-0.39, 0.29) is 29.2 Å². The first-order chi connectivity index (χ1) is 13.9. The van der Waals surface area contributed by atoms with E-state index < -0.39 is 16.8 Å². The molecular weight excluding hydrogens is 405 g/mol. The van der Waals surface area contributed by atoms with Gasteiger partial charge in [-0.05, 0) is 37.5 Å². The number of aromatic nitrogens is 2. The van der Waals surface area contributed by atoms with Gasteiger partial charge in [-0.2, -0.15) is 18.2 Å². The monoisotopic (exact) mass is 422 g/mol. The fourth-order valence-electron chi connectivity index (χ4n) is 4.29. The van der Waals surface area contributed by atoms with Crippen molar-refractivity contribution in [2.24, 2.45) is 0 Å². The normalized spacial score (nSPS) is 22.3. The number of alkyl halides is 3. The third kappa shape index (κ3) is 3.24. The molecular formula is C20H18ClF3N4O. The zero-order chi connectivity index (χ0) is 20.2. The summed E-state index contributed by atoms with van der Waals surface area (Å²) in [5, 5.41) is 3.06. The lowest BCUT2D eigenvalue weighted by molar-refractivity contribution is -0.136. The largest absolute Gasteiger partial charge is 0.423 e. The van der Waals surface area contributed by atoms with E-state index in [1.54, 1.807) is 24.4 Å². The second-order valence-corrected chi connectivity index (χ2v) is 7.92. The fraction of sp³-hybridized carbons (Fsp3) is 0.400. The third-order valence-corrected chi connectivity index (χ3v) is 5.97. The molecule has 3 aliphatic heterocycles. The summed E-state index contributed by atoms with van der Waals surface area (Å²) in [6.45, 7) is 1.43. The summed E-state index contributed by atoms with van der Waals surface area (Å²) in [7, 11) is 0. The molecule has 2 atom stereocenters. The van der Waals surface area contributed by atoms with E-state index in [9.17, 15) is 13.2 Å². The molecule has 0 saturated carbocycles. The summed E-state index contributed by atoms with van der Waals surface area (Å²) in [6.07, 6.45) is -0.0267. The molecule has 0 spiro atoms. The Morgan fingerprint density at radius 1 is 1.24 bits per heavy atom. The highest BCUT2D eigenvalue weighted by molar-refractivity contribution is 6.33. The number of halogens is 4. The average Bonchev–Trinajstić information content (AvgIpc) is 2.86. The number of nitrogens with zero attached hydrogens (tertiary/aromatic N) is 3. The van der Waals surface area contributed by atoms with Crippen molar-refractivity contribution in [3.63, 3.8) is 0 Å². The molecule has 5 nitrogen and oxygen atoms in total. The maximum atomic E-state index is 13.8. The molecule has 0 aliphatic carbocycles. The van der Waals surface area contributed by atoms with E-state index in [4.69, 9.17) is 16.0 Å². The van der Waals surface area contributed by atoms with Crippen LogP contribution >= 0.6 is 11.6 Å². The minimum atomic E-state index is -4.65. The minimum Gasteiger partial charge on any atom is -0.423 e. The zero-order valence-electron chi connectivity index (χ0n) is 15.3. The van der Waals surface area contributed by atoms with Crippen LogP contribution in [0, 0.1) is 0 Å². The second kappa shape index (κ2) is 6.88. The summed E-state index contributed by atoms with van der Waals surface area (Å²) >= 11 is 6.07. The molecule has 2 aromatic heterocycles. The van der Waals surface area contributed by atoms with Crippen molar-refractivity contribution < 1.29 is 17.6 Å². The van der Waals surface area contributed by atoms with Crippen molar-refractivity contribution in [1.82, 2.24) is 15.3 Å². The van der Waals surface area contributed by atoms with Crippen LogP contribution in [0.3, 0.4) is 0 Å². The number of nitrogens with one attached hydrogen (secondary N) is 1. The Morgan fingerprint density at radius 3 is 2.86 bits per heavy atom.